The Morgan fingerprint density at radius 3 is 2.14 bits per heavy atom. The molecule has 0 bridgehead atoms. The van der Waals surface area contributed by atoms with Crippen molar-refractivity contribution in [1.82, 2.24) is 20.9 Å². The number of benzene rings is 1. The van der Waals surface area contributed by atoms with Crippen molar-refractivity contribution >= 4 is 23.5 Å². The number of amides is 3. The molecule has 196 valence electrons. The Kier molecular flexibility index (Phi) is 7.22. The van der Waals surface area contributed by atoms with E-state index in [2.05, 4.69) is 48.6 Å². The predicted octanol–water partition coefficient (Wildman–Crippen LogP) is 2.72. The number of hydrogen-bond donors (Lipinski definition) is 3. The standard InChI is InChI=1S/C29H36N4O4/c1-27(2)23(28(27,3)4)25(36)33-29(14-10-15-29)26(37)32-21(17-19-11-6-5-7-12-19)22(34)24(35)31-18-20-13-8-9-16-30-20/h5-9,11-13,16,21,23H,10,14-15,17-18H2,1-4H3,(H,31,35)(H,32,37)(H,33,36)/t21-/m1/s1. The second-order valence-corrected chi connectivity index (χ2v) is 11.4. The number of ketones is 1. The average molecular weight is 505 g/mol. The van der Waals surface area contributed by atoms with E-state index in [1.807, 2.05) is 30.3 Å². The molecule has 2 aromatic rings. The molecule has 0 spiro atoms. The summed E-state index contributed by atoms with van der Waals surface area (Å²) in [6.45, 7) is 8.34. The third kappa shape index (κ3) is 5.29. The molecule has 8 nitrogen and oxygen atoms in total. The summed E-state index contributed by atoms with van der Waals surface area (Å²) in [6.07, 6.45) is 3.56. The van der Waals surface area contributed by atoms with Gasteiger partial charge in [0.15, 0.2) is 0 Å². The molecule has 0 aliphatic heterocycles. The van der Waals surface area contributed by atoms with Crippen molar-refractivity contribution in [3.05, 3.63) is 66.0 Å². The van der Waals surface area contributed by atoms with Crippen LogP contribution in [-0.4, -0.2) is 40.1 Å². The Balaban J connectivity index is 1.47. The Bertz CT molecular complexity index is 1160. The maximum Gasteiger partial charge on any atom is 0.289 e. The van der Waals surface area contributed by atoms with E-state index in [9.17, 15) is 19.2 Å². The van der Waals surface area contributed by atoms with Gasteiger partial charge in [-0.3, -0.25) is 24.2 Å². The SMILES string of the molecule is CC1(C)C(C(=O)NC2(C(=O)N[C@H](Cc3ccccc3)C(=O)C(=O)NCc3ccccn3)CCC2)C1(C)C. The largest absolute Gasteiger partial charge is 0.344 e. The van der Waals surface area contributed by atoms with Crippen LogP contribution in [0.1, 0.15) is 58.2 Å². The van der Waals surface area contributed by atoms with Gasteiger partial charge in [-0.1, -0.05) is 64.1 Å². The van der Waals surface area contributed by atoms with E-state index < -0.39 is 29.2 Å². The van der Waals surface area contributed by atoms with E-state index in [1.165, 1.54) is 0 Å². The van der Waals surface area contributed by atoms with Gasteiger partial charge in [-0.2, -0.15) is 0 Å². The summed E-state index contributed by atoms with van der Waals surface area (Å²) in [5.74, 6) is -2.28. The lowest BCUT2D eigenvalue weighted by Gasteiger charge is -2.41. The average Bonchev–Trinajstić information content (AvgIpc) is 3.27. The lowest BCUT2D eigenvalue weighted by Crippen LogP contribution is -2.65. The number of nitrogens with zero attached hydrogens (tertiary/aromatic N) is 1. The quantitative estimate of drug-likeness (QED) is 0.430. The van der Waals surface area contributed by atoms with Crippen LogP contribution in [-0.2, 0) is 32.1 Å². The molecule has 1 aromatic carbocycles. The number of nitrogens with one attached hydrogen (secondary N) is 3. The third-order valence-corrected chi connectivity index (χ3v) is 8.57. The first-order chi connectivity index (χ1) is 17.5. The van der Waals surface area contributed by atoms with Crippen LogP contribution in [0.15, 0.2) is 54.7 Å². The molecule has 2 fully saturated rings. The lowest BCUT2D eigenvalue weighted by molar-refractivity contribution is -0.143. The molecule has 1 aromatic heterocycles. The van der Waals surface area contributed by atoms with Crippen LogP contribution >= 0.6 is 0 Å². The van der Waals surface area contributed by atoms with Crippen molar-refractivity contribution < 1.29 is 19.2 Å². The van der Waals surface area contributed by atoms with Crippen LogP contribution in [0, 0.1) is 16.7 Å². The zero-order chi connectivity index (χ0) is 26.8. The lowest BCUT2D eigenvalue weighted by atomic mass is 9.75. The van der Waals surface area contributed by atoms with Gasteiger partial charge in [0, 0.05) is 18.5 Å². The van der Waals surface area contributed by atoms with E-state index in [-0.39, 0.29) is 35.6 Å². The smallest absolute Gasteiger partial charge is 0.289 e. The Morgan fingerprint density at radius 1 is 0.946 bits per heavy atom. The minimum Gasteiger partial charge on any atom is -0.344 e. The van der Waals surface area contributed by atoms with Crippen molar-refractivity contribution in [3.63, 3.8) is 0 Å². The van der Waals surface area contributed by atoms with Crippen LogP contribution in [0.3, 0.4) is 0 Å². The van der Waals surface area contributed by atoms with E-state index in [0.29, 0.717) is 18.5 Å². The second kappa shape index (κ2) is 10.1. The molecule has 4 rings (SSSR count). The fraction of sp³-hybridized carbons (Fsp3) is 0.483. The summed E-state index contributed by atoms with van der Waals surface area (Å²) in [6, 6.07) is 13.5. The van der Waals surface area contributed by atoms with Crippen molar-refractivity contribution in [2.24, 2.45) is 16.7 Å². The fourth-order valence-electron chi connectivity index (χ4n) is 5.37. The zero-order valence-electron chi connectivity index (χ0n) is 22.0. The molecule has 3 amide bonds. The van der Waals surface area contributed by atoms with Crippen LogP contribution in [0.4, 0.5) is 0 Å². The van der Waals surface area contributed by atoms with Gasteiger partial charge in [0.25, 0.3) is 5.91 Å². The summed E-state index contributed by atoms with van der Waals surface area (Å²) < 4.78 is 0. The molecule has 2 aliphatic rings. The highest BCUT2D eigenvalue weighted by Crippen LogP contribution is 2.68. The highest BCUT2D eigenvalue weighted by molar-refractivity contribution is 6.38. The topological polar surface area (TPSA) is 117 Å². The molecule has 2 saturated carbocycles. The van der Waals surface area contributed by atoms with Gasteiger partial charge in [-0.15, -0.1) is 0 Å². The number of hydrogen-bond acceptors (Lipinski definition) is 5. The van der Waals surface area contributed by atoms with Crippen LogP contribution in [0.25, 0.3) is 0 Å². The van der Waals surface area contributed by atoms with Crippen molar-refractivity contribution in [1.29, 1.82) is 0 Å². The summed E-state index contributed by atoms with van der Waals surface area (Å²) in [7, 11) is 0. The van der Waals surface area contributed by atoms with Crippen molar-refractivity contribution in [2.45, 2.75) is 71.5 Å². The van der Waals surface area contributed by atoms with Crippen LogP contribution < -0.4 is 16.0 Å². The number of aromatic nitrogens is 1. The number of pyridine rings is 1. The summed E-state index contributed by atoms with van der Waals surface area (Å²) in [5.41, 5.74) is 0.0542. The van der Waals surface area contributed by atoms with Gasteiger partial charge in [-0.05, 0) is 47.8 Å². The molecule has 3 N–H and O–H groups in total. The Hall–Kier alpha value is -3.55. The fourth-order valence-corrected chi connectivity index (χ4v) is 5.37. The zero-order valence-corrected chi connectivity index (χ0v) is 22.0. The Morgan fingerprint density at radius 2 is 1.59 bits per heavy atom. The Labute approximate surface area is 218 Å². The first-order valence-corrected chi connectivity index (χ1v) is 12.9. The summed E-state index contributed by atoms with van der Waals surface area (Å²) in [4.78, 5) is 56.8. The summed E-state index contributed by atoms with van der Waals surface area (Å²) >= 11 is 0. The van der Waals surface area contributed by atoms with E-state index in [4.69, 9.17) is 0 Å². The molecule has 0 unspecified atom stereocenters. The van der Waals surface area contributed by atoms with E-state index in [0.717, 1.165) is 12.0 Å². The molecule has 0 radical (unpaired) electrons. The minimum absolute atomic E-state index is 0.102. The second-order valence-electron chi connectivity index (χ2n) is 11.4. The monoisotopic (exact) mass is 504 g/mol. The van der Waals surface area contributed by atoms with Crippen LogP contribution in [0.2, 0.25) is 0 Å². The number of Topliss-reactive ketones (excluding diaryl/α,β-unsaturated/α-hetero) is 1. The molecule has 37 heavy (non-hydrogen) atoms. The molecular formula is C29H36N4O4. The maximum atomic E-state index is 13.5. The maximum absolute atomic E-state index is 13.5. The third-order valence-electron chi connectivity index (χ3n) is 8.57. The van der Waals surface area contributed by atoms with Crippen molar-refractivity contribution in [2.75, 3.05) is 0 Å². The highest BCUT2D eigenvalue weighted by Gasteiger charge is 2.69. The van der Waals surface area contributed by atoms with E-state index >= 15 is 0 Å². The van der Waals surface area contributed by atoms with Gasteiger partial charge in [0.05, 0.1) is 12.2 Å². The van der Waals surface area contributed by atoms with E-state index in [1.54, 1.807) is 24.4 Å². The van der Waals surface area contributed by atoms with Gasteiger partial charge in [0.2, 0.25) is 17.6 Å². The molecule has 1 atom stereocenters. The first-order valence-electron chi connectivity index (χ1n) is 12.9. The number of rotatable bonds is 10. The summed E-state index contributed by atoms with van der Waals surface area (Å²) in [5, 5.41) is 8.44. The van der Waals surface area contributed by atoms with Crippen LogP contribution in [0.5, 0.6) is 0 Å². The molecular weight excluding hydrogens is 468 g/mol. The van der Waals surface area contributed by atoms with Gasteiger partial charge in [0.1, 0.15) is 11.6 Å². The van der Waals surface area contributed by atoms with Gasteiger partial charge in [-0.25, -0.2) is 0 Å². The van der Waals surface area contributed by atoms with Gasteiger partial charge < -0.3 is 16.0 Å². The molecule has 8 heteroatoms. The minimum atomic E-state index is -1.07. The molecule has 2 aliphatic carbocycles. The predicted molar refractivity (Wildman–Crippen MR) is 139 cm³/mol. The first kappa shape index (κ1) is 26.5. The van der Waals surface area contributed by atoms with Crippen molar-refractivity contribution in [3.8, 4) is 0 Å². The van der Waals surface area contributed by atoms with Gasteiger partial charge >= 0.3 is 0 Å². The number of carbonyl (C=O) groups is 4. The molecule has 0 saturated heterocycles. The highest BCUT2D eigenvalue weighted by atomic mass is 16.2. The normalized spacial score (nSPS) is 19.6. The number of carbonyl (C=O) groups excluding carboxylic acids is 4. The molecule has 1 heterocycles.